The van der Waals surface area contributed by atoms with E-state index < -0.39 is 16.1 Å². The first kappa shape index (κ1) is 16.1. The van der Waals surface area contributed by atoms with Gasteiger partial charge in [-0.2, -0.15) is 10.4 Å². The molecule has 0 unspecified atom stereocenters. The maximum Gasteiger partial charge on any atom is 0.241 e. The smallest absolute Gasteiger partial charge is 0.241 e. The third kappa shape index (κ3) is 3.50. The highest BCUT2D eigenvalue weighted by molar-refractivity contribution is 7.89. The van der Waals surface area contributed by atoms with Crippen molar-refractivity contribution >= 4 is 10.0 Å². The van der Waals surface area contributed by atoms with E-state index in [1.807, 2.05) is 13.0 Å². The molecule has 7 nitrogen and oxygen atoms in total. The number of hydrogen-bond donors (Lipinski definition) is 1. The summed E-state index contributed by atoms with van der Waals surface area (Å²) in [6, 6.07) is 7.20. The number of aryl methyl sites for hydroxylation is 1. The van der Waals surface area contributed by atoms with Gasteiger partial charge in [0.25, 0.3) is 0 Å². The van der Waals surface area contributed by atoms with Gasteiger partial charge in [0.2, 0.25) is 10.0 Å². The predicted octanol–water partition coefficient (Wildman–Crippen LogP) is 1.60. The van der Waals surface area contributed by atoms with E-state index >= 15 is 0 Å². The molecule has 2 rings (SSSR count). The number of nitrogens with one attached hydrogen (secondary N) is 1. The molecular weight excluding hydrogens is 302 g/mol. The van der Waals surface area contributed by atoms with Crippen LogP contribution in [0.2, 0.25) is 0 Å². The van der Waals surface area contributed by atoms with Crippen molar-refractivity contribution < 1.29 is 8.42 Å². The maximum absolute atomic E-state index is 12.4. The van der Waals surface area contributed by atoms with Crippen LogP contribution in [0, 0.1) is 11.3 Å². The molecular formula is C14H17N5O2S. The molecule has 0 fully saturated rings. The normalized spacial score (nSPS) is 12.8. The molecule has 2 aromatic rings. The quantitative estimate of drug-likeness (QED) is 0.871. The number of benzene rings is 1. The molecule has 116 valence electrons. The first-order valence-electron chi connectivity index (χ1n) is 6.88. The molecule has 0 saturated heterocycles. The highest BCUT2D eigenvalue weighted by Crippen LogP contribution is 2.16. The number of sulfonamides is 1. The van der Waals surface area contributed by atoms with Crippen molar-refractivity contribution in [1.29, 1.82) is 5.26 Å². The summed E-state index contributed by atoms with van der Waals surface area (Å²) in [6.07, 6.45) is 2.29. The van der Waals surface area contributed by atoms with Gasteiger partial charge in [0.05, 0.1) is 22.6 Å². The van der Waals surface area contributed by atoms with Gasteiger partial charge in [0.1, 0.15) is 12.2 Å². The van der Waals surface area contributed by atoms with E-state index in [0.717, 1.165) is 6.42 Å². The van der Waals surface area contributed by atoms with E-state index in [1.165, 1.54) is 30.6 Å². The summed E-state index contributed by atoms with van der Waals surface area (Å²) < 4.78 is 29.0. The highest BCUT2D eigenvalue weighted by Gasteiger charge is 2.21. The zero-order chi connectivity index (χ0) is 16.2. The minimum Gasteiger partial charge on any atom is -0.249 e. The molecule has 1 aromatic heterocycles. The number of rotatable bonds is 6. The molecule has 22 heavy (non-hydrogen) atoms. The summed E-state index contributed by atoms with van der Waals surface area (Å²) in [5.74, 6) is 0.569. The van der Waals surface area contributed by atoms with Gasteiger partial charge >= 0.3 is 0 Å². The second kappa shape index (κ2) is 6.68. The fourth-order valence-electron chi connectivity index (χ4n) is 2.05. The van der Waals surface area contributed by atoms with Crippen LogP contribution in [0.25, 0.3) is 0 Å². The fraction of sp³-hybridized carbons (Fsp3) is 0.357. The Morgan fingerprint density at radius 1 is 1.36 bits per heavy atom. The monoisotopic (exact) mass is 319 g/mol. The molecule has 8 heteroatoms. The Hall–Kier alpha value is -2.24. The SMILES string of the molecule is CCCn1ncnc1[C@@H](C)NS(=O)(=O)c1ccc(C#N)cc1. The summed E-state index contributed by atoms with van der Waals surface area (Å²) in [6.45, 7) is 4.41. The molecule has 1 aromatic carbocycles. The molecule has 0 amide bonds. The Morgan fingerprint density at radius 2 is 2.05 bits per heavy atom. The van der Waals surface area contributed by atoms with Gasteiger partial charge in [0.15, 0.2) is 0 Å². The van der Waals surface area contributed by atoms with E-state index in [0.29, 0.717) is 17.9 Å². The van der Waals surface area contributed by atoms with Crippen LogP contribution in [0.4, 0.5) is 0 Å². The molecule has 0 saturated carbocycles. The summed E-state index contributed by atoms with van der Waals surface area (Å²) in [4.78, 5) is 4.23. The zero-order valence-electron chi connectivity index (χ0n) is 12.4. The molecule has 0 bridgehead atoms. The number of hydrogen-bond acceptors (Lipinski definition) is 5. The Bertz CT molecular complexity index is 774. The van der Waals surface area contributed by atoms with Crippen molar-refractivity contribution in [3.63, 3.8) is 0 Å². The van der Waals surface area contributed by atoms with Crippen molar-refractivity contribution in [2.75, 3.05) is 0 Å². The van der Waals surface area contributed by atoms with Crippen LogP contribution >= 0.6 is 0 Å². The van der Waals surface area contributed by atoms with Gasteiger partial charge in [-0.15, -0.1) is 0 Å². The number of nitriles is 1. The predicted molar refractivity (Wildman–Crippen MR) is 80.2 cm³/mol. The van der Waals surface area contributed by atoms with Gasteiger partial charge in [-0.1, -0.05) is 6.92 Å². The lowest BCUT2D eigenvalue weighted by Crippen LogP contribution is -2.29. The second-order valence-electron chi connectivity index (χ2n) is 4.82. The lowest BCUT2D eigenvalue weighted by atomic mass is 10.2. The van der Waals surface area contributed by atoms with Crippen molar-refractivity contribution in [2.24, 2.45) is 0 Å². The minimum absolute atomic E-state index is 0.111. The molecule has 0 aliphatic rings. The lowest BCUT2D eigenvalue weighted by Gasteiger charge is -2.14. The van der Waals surface area contributed by atoms with Crippen LogP contribution < -0.4 is 4.72 Å². The summed E-state index contributed by atoms with van der Waals surface area (Å²) in [5, 5.41) is 12.8. The van der Waals surface area contributed by atoms with Crippen LogP contribution in [-0.4, -0.2) is 23.2 Å². The average molecular weight is 319 g/mol. The second-order valence-corrected chi connectivity index (χ2v) is 6.53. The van der Waals surface area contributed by atoms with Crippen LogP contribution in [-0.2, 0) is 16.6 Å². The van der Waals surface area contributed by atoms with Gasteiger partial charge in [-0.05, 0) is 37.6 Å². The molecule has 0 radical (unpaired) electrons. The Balaban J connectivity index is 2.20. The highest BCUT2D eigenvalue weighted by atomic mass is 32.2. The Morgan fingerprint density at radius 3 is 2.64 bits per heavy atom. The van der Waals surface area contributed by atoms with E-state index in [4.69, 9.17) is 5.26 Å². The first-order chi connectivity index (χ1) is 10.5. The molecule has 1 N–H and O–H groups in total. The number of aromatic nitrogens is 3. The van der Waals surface area contributed by atoms with E-state index in [-0.39, 0.29) is 4.90 Å². The zero-order valence-corrected chi connectivity index (χ0v) is 13.2. The van der Waals surface area contributed by atoms with E-state index in [2.05, 4.69) is 14.8 Å². The van der Waals surface area contributed by atoms with Crippen molar-refractivity contribution in [3.8, 4) is 6.07 Å². The maximum atomic E-state index is 12.4. The van der Waals surface area contributed by atoms with Crippen LogP contribution in [0.1, 0.15) is 37.7 Å². The van der Waals surface area contributed by atoms with E-state index in [9.17, 15) is 8.42 Å². The van der Waals surface area contributed by atoms with Gasteiger partial charge in [-0.3, -0.25) is 0 Å². The van der Waals surface area contributed by atoms with Crippen molar-refractivity contribution in [3.05, 3.63) is 42.0 Å². The third-order valence-electron chi connectivity index (χ3n) is 3.09. The molecule has 1 atom stereocenters. The summed E-state index contributed by atoms with van der Waals surface area (Å²) in [7, 11) is -3.68. The lowest BCUT2D eigenvalue weighted by molar-refractivity contribution is 0.515. The van der Waals surface area contributed by atoms with Crippen molar-refractivity contribution in [2.45, 2.75) is 37.8 Å². The standard InChI is InChI=1S/C14H17N5O2S/c1-3-8-19-14(16-10-17-19)11(2)18-22(20,21)13-6-4-12(9-15)5-7-13/h4-7,10-11,18H,3,8H2,1-2H3/t11-/m1/s1. The van der Waals surface area contributed by atoms with Crippen molar-refractivity contribution in [1.82, 2.24) is 19.5 Å². The molecule has 0 aliphatic heterocycles. The summed E-state index contributed by atoms with van der Waals surface area (Å²) in [5.41, 5.74) is 0.412. The molecule has 0 spiro atoms. The van der Waals surface area contributed by atoms with Crippen LogP contribution in [0.15, 0.2) is 35.5 Å². The largest absolute Gasteiger partial charge is 0.249 e. The summed E-state index contributed by atoms with van der Waals surface area (Å²) >= 11 is 0. The third-order valence-corrected chi connectivity index (χ3v) is 4.65. The average Bonchev–Trinajstić information content (AvgIpc) is 2.96. The minimum atomic E-state index is -3.68. The van der Waals surface area contributed by atoms with Gasteiger partial charge < -0.3 is 0 Å². The topological polar surface area (TPSA) is 101 Å². The molecule has 0 aliphatic carbocycles. The fourth-order valence-corrected chi connectivity index (χ4v) is 3.26. The molecule has 1 heterocycles. The Labute approximate surface area is 129 Å². The first-order valence-corrected chi connectivity index (χ1v) is 8.36. The van der Waals surface area contributed by atoms with E-state index in [1.54, 1.807) is 11.6 Å². The van der Waals surface area contributed by atoms with Crippen LogP contribution in [0.5, 0.6) is 0 Å². The van der Waals surface area contributed by atoms with Crippen LogP contribution in [0.3, 0.4) is 0 Å². The number of nitrogens with zero attached hydrogens (tertiary/aromatic N) is 4. The van der Waals surface area contributed by atoms with Gasteiger partial charge in [-0.25, -0.2) is 22.8 Å². The van der Waals surface area contributed by atoms with Gasteiger partial charge in [0, 0.05) is 6.54 Å². The Kier molecular flexibility index (Phi) is 4.90.